The summed E-state index contributed by atoms with van der Waals surface area (Å²) in [6.07, 6.45) is 0.930. The summed E-state index contributed by atoms with van der Waals surface area (Å²) >= 11 is 3.47. The molecule has 1 heterocycles. The fraction of sp³-hybridized carbons (Fsp3) is 0.900. The van der Waals surface area contributed by atoms with Crippen LogP contribution in [0.5, 0.6) is 0 Å². The van der Waals surface area contributed by atoms with Crippen LogP contribution in [-0.4, -0.2) is 27.4 Å². The molecule has 0 spiro atoms. The van der Waals surface area contributed by atoms with Crippen LogP contribution < -0.4 is 5.73 Å². The highest BCUT2D eigenvalue weighted by Crippen LogP contribution is 2.47. The normalized spacial score (nSPS) is 22.6. The third-order valence-corrected chi connectivity index (χ3v) is 6.24. The predicted octanol–water partition coefficient (Wildman–Crippen LogP) is 2.13. The zero-order valence-corrected chi connectivity index (χ0v) is 10.7. The van der Waals surface area contributed by atoms with Crippen molar-refractivity contribution < 1.29 is 4.79 Å². The van der Waals surface area contributed by atoms with E-state index in [0.717, 1.165) is 17.9 Å². The molecule has 82 valence electrons. The van der Waals surface area contributed by atoms with Gasteiger partial charge < -0.3 is 5.73 Å². The Bertz CT molecular complexity index is 212. The first kappa shape index (κ1) is 12.4. The van der Waals surface area contributed by atoms with Crippen LogP contribution in [0.4, 0.5) is 0 Å². The fourth-order valence-electron chi connectivity index (χ4n) is 1.77. The van der Waals surface area contributed by atoms with Gasteiger partial charge in [0.25, 0.3) is 0 Å². The van der Waals surface area contributed by atoms with Gasteiger partial charge in [0.05, 0.1) is 0 Å². The number of ketones is 1. The van der Waals surface area contributed by atoms with E-state index in [1.807, 2.05) is 0 Å². The second kappa shape index (κ2) is 4.90. The zero-order valence-electron chi connectivity index (χ0n) is 9.08. The lowest BCUT2D eigenvalue weighted by molar-refractivity contribution is -0.117. The third-order valence-electron chi connectivity index (χ3n) is 2.42. The van der Waals surface area contributed by atoms with Crippen molar-refractivity contribution in [2.24, 2.45) is 11.7 Å². The molecule has 1 fully saturated rings. The number of thioether (sulfide) groups is 2. The van der Waals surface area contributed by atoms with Crippen LogP contribution in [0.1, 0.15) is 27.2 Å². The molecular weight excluding hydrogens is 214 g/mol. The summed E-state index contributed by atoms with van der Waals surface area (Å²) in [5, 5.41) is 0. The Morgan fingerprint density at radius 3 is 2.29 bits per heavy atom. The van der Waals surface area contributed by atoms with E-state index in [-0.39, 0.29) is 15.9 Å². The second-order valence-corrected chi connectivity index (χ2v) is 7.10. The van der Waals surface area contributed by atoms with Gasteiger partial charge in [-0.25, -0.2) is 0 Å². The Labute approximate surface area is 94.8 Å². The maximum absolute atomic E-state index is 11.7. The van der Waals surface area contributed by atoms with Crippen LogP contribution in [-0.2, 0) is 4.79 Å². The van der Waals surface area contributed by atoms with Crippen molar-refractivity contribution >= 4 is 29.3 Å². The lowest BCUT2D eigenvalue weighted by Gasteiger charge is -2.31. The van der Waals surface area contributed by atoms with Crippen LogP contribution in [0, 0.1) is 5.92 Å². The standard InChI is InChI=1S/C10H19NOS2/c1-7(2)6-9(11)10(8(3)12)13-4-5-14-10/h7,9H,4-6,11H2,1-3H3/t9-/m0/s1. The van der Waals surface area contributed by atoms with E-state index in [2.05, 4.69) is 13.8 Å². The highest BCUT2D eigenvalue weighted by molar-refractivity contribution is 8.22. The smallest absolute Gasteiger partial charge is 0.157 e. The van der Waals surface area contributed by atoms with Crippen LogP contribution in [0.3, 0.4) is 0 Å². The molecule has 0 aromatic rings. The number of hydrogen-bond donors (Lipinski definition) is 1. The molecule has 0 radical (unpaired) electrons. The summed E-state index contributed by atoms with van der Waals surface area (Å²) < 4.78 is -0.343. The molecule has 2 N–H and O–H groups in total. The van der Waals surface area contributed by atoms with E-state index in [1.165, 1.54) is 0 Å². The van der Waals surface area contributed by atoms with Crippen LogP contribution >= 0.6 is 23.5 Å². The van der Waals surface area contributed by atoms with Crippen molar-refractivity contribution in [2.45, 2.75) is 37.3 Å². The Morgan fingerprint density at radius 1 is 1.43 bits per heavy atom. The Morgan fingerprint density at radius 2 is 1.93 bits per heavy atom. The van der Waals surface area contributed by atoms with Crippen LogP contribution in [0.15, 0.2) is 0 Å². The Balaban J connectivity index is 2.72. The third kappa shape index (κ3) is 2.47. The quantitative estimate of drug-likeness (QED) is 0.808. The van der Waals surface area contributed by atoms with Crippen molar-refractivity contribution in [1.82, 2.24) is 0 Å². The summed E-state index contributed by atoms with van der Waals surface area (Å²) in [4.78, 5) is 11.7. The molecule has 1 rings (SSSR count). The lowest BCUT2D eigenvalue weighted by atomic mass is 9.99. The molecule has 1 aliphatic rings. The topological polar surface area (TPSA) is 43.1 Å². The van der Waals surface area contributed by atoms with Gasteiger partial charge in [0, 0.05) is 17.5 Å². The van der Waals surface area contributed by atoms with Crippen molar-refractivity contribution in [3.63, 3.8) is 0 Å². The molecule has 0 saturated carbocycles. The van der Waals surface area contributed by atoms with E-state index in [4.69, 9.17) is 5.73 Å². The summed E-state index contributed by atoms with van der Waals surface area (Å²) in [6, 6.07) is -0.00231. The van der Waals surface area contributed by atoms with Crippen LogP contribution in [0.2, 0.25) is 0 Å². The molecule has 0 aromatic heterocycles. The highest BCUT2D eigenvalue weighted by atomic mass is 32.2. The number of hydrogen-bond acceptors (Lipinski definition) is 4. The largest absolute Gasteiger partial charge is 0.325 e. The number of carbonyl (C=O) groups is 1. The second-order valence-electron chi connectivity index (χ2n) is 4.16. The average Bonchev–Trinajstić information content (AvgIpc) is 2.51. The highest BCUT2D eigenvalue weighted by Gasteiger charge is 2.45. The van der Waals surface area contributed by atoms with Gasteiger partial charge in [-0.3, -0.25) is 4.79 Å². The maximum atomic E-state index is 11.7. The molecule has 1 atom stereocenters. The molecule has 2 nitrogen and oxygen atoms in total. The molecule has 0 aliphatic carbocycles. The van der Waals surface area contributed by atoms with Crippen LogP contribution in [0.25, 0.3) is 0 Å². The minimum absolute atomic E-state index is 0.00231. The molecule has 0 aromatic carbocycles. The number of rotatable bonds is 4. The van der Waals surface area contributed by atoms with Gasteiger partial charge in [-0.2, -0.15) is 0 Å². The van der Waals surface area contributed by atoms with Gasteiger partial charge in [-0.15, -0.1) is 23.5 Å². The molecule has 1 saturated heterocycles. The SMILES string of the molecule is CC(=O)C1([C@@H](N)CC(C)C)SCCS1. The molecule has 4 heteroatoms. The van der Waals surface area contributed by atoms with Crippen molar-refractivity contribution in [2.75, 3.05) is 11.5 Å². The summed E-state index contributed by atoms with van der Waals surface area (Å²) in [6.45, 7) is 5.97. The maximum Gasteiger partial charge on any atom is 0.157 e. The van der Waals surface area contributed by atoms with Crippen molar-refractivity contribution in [1.29, 1.82) is 0 Å². The first-order chi connectivity index (χ1) is 6.49. The Hall–Kier alpha value is 0.330. The molecule has 14 heavy (non-hydrogen) atoms. The van der Waals surface area contributed by atoms with Gasteiger partial charge in [0.1, 0.15) is 4.08 Å². The lowest BCUT2D eigenvalue weighted by Crippen LogP contribution is -2.47. The molecule has 0 bridgehead atoms. The van der Waals surface area contributed by atoms with Crippen molar-refractivity contribution in [3.8, 4) is 0 Å². The first-order valence-electron chi connectivity index (χ1n) is 5.03. The molecule has 0 amide bonds. The van der Waals surface area contributed by atoms with Gasteiger partial charge in [-0.05, 0) is 19.3 Å². The molecule has 1 aliphatic heterocycles. The van der Waals surface area contributed by atoms with E-state index < -0.39 is 0 Å². The minimum atomic E-state index is -0.343. The molecular formula is C10H19NOS2. The number of carbonyl (C=O) groups excluding carboxylic acids is 1. The summed E-state index contributed by atoms with van der Waals surface area (Å²) in [5.74, 6) is 2.90. The number of nitrogens with two attached hydrogens (primary N) is 1. The molecule has 0 unspecified atom stereocenters. The van der Waals surface area contributed by atoms with E-state index in [1.54, 1.807) is 30.4 Å². The van der Waals surface area contributed by atoms with Crippen molar-refractivity contribution in [3.05, 3.63) is 0 Å². The number of Topliss-reactive ketones (excluding diaryl/α,β-unsaturated/α-hetero) is 1. The van der Waals surface area contributed by atoms with Gasteiger partial charge in [-0.1, -0.05) is 13.8 Å². The van der Waals surface area contributed by atoms with Gasteiger partial charge in [0.15, 0.2) is 5.78 Å². The van der Waals surface area contributed by atoms with Gasteiger partial charge in [0.2, 0.25) is 0 Å². The Kier molecular flexibility index (Phi) is 4.34. The van der Waals surface area contributed by atoms with Gasteiger partial charge >= 0.3 is 0 Å². The minimum Gasteiger partial charge on any atom is -0.325 e. The zero-order chi connectivity index (χ0) is 10.8. The van der Waals surface area contributed by atoms with E-state index >= 15 is 0 Å². The fourth-order valence-corrected chi connectivity index (χ4v) is 4.90. The monoisotopic (exact) mass is 233 g/mol. The summed E-state index contributed by atoms with van der Waals surface area (Å²) in [5.41, 5.74) is 6.15. The first-order valence-corrected chi connectivity index (χ1v) is 7.00. The average molecular weight is 233 g/mol. The predicted molar refractivity (Wildman–Crippen MR) is 65.8 cm³/mol. The summed E-state index contributed by atoms with van der Waals surface area (Å²) in [7, 11) is 0. The van der Waals surface area contributed by atoms with E-state index in [9.17, 15) is 4.79 Å². The van der Waals surface area contributed by atoms with E-state index in [0.29, 0.717) is 5.92 Å².